The molecule has 2 aromatic rings. The van der Waals surface area contributed by atoms with Crippen LogP contribution in [0.4, 0.5) is 0 Å². The SMILES string of the molecule is Cn1c([C@@H](N)CO)c(Br)c2ccccc21. The Morgan fingerprint density at radius 3 is 2.73 bits per heavy atom. The number of para-hydroxylation sites is 1. The van der Waals surface area contributed by atoms with E-state index in [0.717, 1.165) is 21.1 Å². The number of hydrogen-bond acceptors (Lipinski definition) is 2. The van der Waals surface area contributed by atoms with Gasteiger partial charge in [0.1, 0.15) is 0 Å². The van der Waals surface area contributed by atoms with Crippen molar-refractivity contribution in [2.24, 2.45) is 12.8 Å². The van der Waals surface area contributed by atoms with Gasteiger partial charge in [-0.1, -0.05) is 18.2 Å². The van der Waals surface area contributed by atoms with E-state index in [2.05, 4.69) is 15.9 Å². The average Bonchev–Trinajstić information content (AvgIpc) is 2.52. The molecule has 0 aliphatic heterocycles. The molecule has 0 amide bonds. The van der Waals surface area contributed by atoms with Crippen LogP contribution in [0.2, 0.25) is 0 Å². The highest BCUT2D eigenvalue weighted by molar-refractivity contribution is 9.10. The summed E-state index contributed by atoms with van der Waals surface area (Å²) >= 11 is 3.53. The number of rotatable bonds is 2. The zero-order valence-corrected chi connectivity index (χ0v) is 10.0. The average molecular weight is 269 g/mol. The van der Waals surface area contributed by atoms with Crippen LogP contribution in [0.5, 0.6) is 0 Å². The standard InChI is InChI=1S/C11H13BrN2O/c1-14-9-5-3-2-4-7(9)10(12)11(14)8(13)6-15/h2-5,8,15H,6,13H2,1H3/t8-/m0/s1. The van der Waals surface area contributed by atoms with Gasteiger partial charge in [-0.3, -0.25) is 0 Å². The fourth-order valence-corrected chi connectivity index (χ4v) is 2.76. The molecule has 4 heteroatoms. The number of aliphatic hydroxyl groups excluding tert-OH is 1. The molecule has 0 saturated carbocycles. The van der Waals surface area contributed by atoms with Crippen molar-refractivity contribution in [3.05, 3.63) is 34.4 Å². The van der Waals surface area contributed by atoms with Crippen molar-refractivity contribution >= 4 is 26.8 Å². The first-order valence-corrected chi connectivity index (χ1v) is 5.55. The van der Waals surface area contributed by atoms with Gasteiger partial charge >= 0.3 is 0 Å². The number of aromatic nitrogens is 1. The van der Waals surface area contributed by atoms with Gasteiger partial charge in [-0.2, -0.15) is 0 Å². The predicted molar refractivity (Wildman–Crippen MR) is 64.6 cm³/mol. The Balaban J connectivity index is 2.75. The summed E-state index contributed by atoms with van der Waals surface area (Å²) in [5, 5.41) is 10.2. The molecule has 80 valence electrons. The monoisotopic (exact) mass is 268 g/mol. The van der Waals surface area contributed by atoms with E-state index in [1.54, 1.807) is 0 Å². The van der Waals surface area contributed by atoms with E-state index >= 15 is 0 Å². The van der Waals surface area contributed by atoms with Crippen molar-refractivity contribution in [1.82, 2.24) is 4.57 Å². The smallest absolute Gasteiger partial charge is 0.0696 e. The molecule has 3 nitrogen and oxygen atoms in total. The lowest BCUT2D eigenvalue weighted by molar-refractivity contribution is 0.264. The zero-order valence-electron chi connectivity index (χ0n) is 8.44. The summed E-state index contributed by atoms with van der Waals surface area (Å²) in [4.78, 5) is 0. The summed E-state index contributed by atoms with van der Waals surface area (Å²) < 4.78 is 2.99. The summed E-state index contributed by atoms with van der Waals surface area (Å²) in [6, 6.07) is 7.70. The maximum atomic E-state index is 9.10. The summed E-state index contributed by atoms with van der Waals surface area (Å²) in [6.45, 7) is -0.0528. The molecule has 1 aromatic heterocycles. The third-order valence-corrected chi connectivity index (χ3v) is 3.47. The molecular weight excluding hydrogens is 256 g/mol. The Bertz CT molecular complexity index is 454. The molecular formula is C11H13BrN2O. The first kappa shape index (κ1) is 10.7. The van der Waals surface area contributed by atoms with Crippen molar-refractivity contribution in [3.63, 3.8) is 0 Å². The summed E-state index contributed by atoms with van der Waals surface area (Å²) in [6.07, 6.45) is 0. The molecule has 2 rings (SSSR count). The molecule has 1 aromatic carbocycles. The van der Waals surface area contributed by atoms with Crippen molar-refractivity contribution < 1.29 is 5.11 Å². The molecule has 0 aliphatic carbocycles. The van der Waals surface area contributed by atoms with Crippen LogP contribution in [-0.4, -0.2) is 16.3 Å². The molecule has 3 N–H and O–H groups in total. The van der Waals surface area contributed by atoms with Gasteiger partial charge in [0.25, 0.3) is 0 Å². The van der Waals surface area contributed by atoms with Gasteiger partial charge in [-0.15, -0.1) is 0 Å². The van der Waals surface area contributed by atoms with E-state index in [0.29, 0.717) is 0 Å². The van der Waals surface area contributed by atoms with Crippen molar-refractivity contribution in [2.45, 2.75) is 6.04 Å². The van der Waals surface area contributed by atoms with E-state index in [1.807, 2.05) is 35.9 Å². The number of benzene rings is 1. The lowest BCUT2D eigenvalue weighted by Gasteiger charge is -2.10. The van der Waals surface area contributed by atoms with Crippen molar-refractivity contribution in [3.8, 4) is 0 Å². The van der Waals surface area contributed by atoms with Gasteiger partial charge in [0.15, 0.2) is 0 Å². The van der Waals surface area contributed by atoms with E-state index in [4.69, 9.17) is 10.8 Å². The third-order valence-electron chi connectivity index (χ3n) is 2.64. The number of aliphatic hydroxyl groups is 1. The van der Waals surface area contributed by atoms with E-state index < -0.39 is 0 Å². The lowest BCUT2D eigenvalue weighted by Crippen LogP contribution is -2.18. The minimum absolute atomic E-state index is 0.0528. The van der Waals surface area contributed by atoms with Gasteiger partial charge in [-0.05, 0) is 22.0 Å². The minimum atomic E-state index is -0.350. The highest BCUT2D eigenvalue weighted by Crippen LogP contribution is 2.32. The maximum absolute atomic E-state index is 9.10. The molecule has 0 radical (unpaired) electrons. The molecule has 15 heavy (non-hydrogen) atoms. The maximum Gasteiger partial charge on any atom is 0.0696 e. The second kappa shape index (κ2) is 3.96. The van der Waals surface area contributed by atoms with Crippen LogP contribution in [0.1, 0.15) is 11.7 Å². The van der Waals surface area contributed by atoms with Crippen molar-refractivity contribution in [2.75, 3.05) is 6.61 Å². The quantitative estimate of drug-likeness (QED) is 0.875. The minimum Gasteiger partial charge on any atom is -0.394 e. The Kier molecular flexibility index (Phi) is 2.82. The molecule has 1 heterocycles. The van der Waals surface area contributed by atoms with Crippen LogP contribution in [-0.2, 0) is 7.05 Å². The summed E-state index contributed by atoms with van der Waals surface area (Å²) in [5.74, 6) is 0. The van der Waals surface area contributed by atoms with Gasteiger partial charge in [0, 0.05) is 22.4 Å². The van der Waals surface area contributed by atoms with Gasteiger partial charge < -0.3 is 15.4 Å². The van der Waals surface area contributed by atoms with E-state index in [-0.39, 0.29) is 12.6 Å². The van der Waals surface area contributed by atoms with E-state index in [9.17, 15) is 0 Å². The summed E-state index contributed by atoms with van der Waals surface area (Å²) in [7, 11) is 1.96. The number of aryl methyl sites for hydroxylation is 1. The van der Waals surface area contributed by atoms with Gasteiger partial charge in [0.2, 0.25) is 0 Å². The fraction of sp³-hybridized carbons (Fsp3) is 0.273. The van der Waals surface area contributed by atoms with Crippen LogP contribution in [0.3, 0.4) is 0 Å². The number of halogens is 1. The largest absolute Gasteiger partial charge is 0.394 e. The number of nitrogens with two attached hydrogens (primary N) is 1. The topological polar surface area (TPSA) is 51.2 Å². The van der Waals surface area contributed by atoms with E-state index in [1.165, 1.54) is 0 Å². The molecule has 0 unspecified atom stereocenters. The Hall–Kier alpha value is -0.840. The number of hydrogen-bond donors (Lipinski definition) is 2. The van der Waals surface area contributed by atoms with Crippen LogP contribution in [0.25, 0.3) is 10.9 Å². The Morgan fingerprint density at radius 2 is 2.13 bits per heavy atom. The molecule has 1 atom stereocenters. The van der Waals surface area contributed by atoms with Gasteiger partial charge in [0.05, 0.1) is 18.3 Å². The van der Waals surface area contributed by atoms with Crippen LogP contribution in [0, 0.1) is 0 Å². The first-order valence-electron chi connectivity index (χ1n) is 4.76. The molecule has 0 spiro atoms. The second-order valence-corrected chi connectivity index (χ2v) is 4.36. The fourth-order valence-electron chi connectivity index (χ4n) is 1.86. The Morgan fingerprint density at radius 1 is 1.47 bits per heavy atom. The molecule has 0 saturated heterocycles. The second-order valence-electron chi connectivity index (χ2n) is 3.56. The lowest BCUT2D eigenvalue weighted by atomic mass is 10.2. The Labute approximate surface area is 96.6 Å². The number of fused-ring (bicyclic) bond motifs is 1. The molecule has 0 aliphatic rings. The molecule has 0 bridgehead atoms. The van der Waals surface area contributed by atoms with Crippen LogP contribution in [0.15, 0.2) is 28.7 Å². The predicted octanol–water partition coefficient (Wildman–Crippen LogP) is 1.93. The number of nitrogens with zero attached hydrogens (tertiary/aromatic N) is 1. The van der Waals surface area contributed by atoms with Crippen LogP contribution < -0.4 is 5.73 Å². The molecule has 0 fully saturated rings. The first-order chi connectivity index (χ1) is 7.16. The highest BCUT2D eigenvalue weighted by atomic mass is 79.9. The van der Waals surface area contributed by atoms with Gasteiger partial charge in [-0.25, -0.2) is 0 Å². The van der Waals surface area contributed by atoms with Crippen LogP contribution >= 0.6 is 15.9 Å². The normalized spacial score (nSPS) is 13.3. The zero-order chi connectivity index (χ0) is 11.0. The van der Waals surface area contributed by atoms with Crippen molar-refractivity contribution in [1.29, 1.82) is 0 Å². The third kappa shape index (κ3) is 1.58. The highest BCUT2D eigenvalue weighted by Gasteiger charge is 2.17. The summed E-state index contributed by atoms with van der Waals surface area (Å²) in [5.41, 5.74) is 7.90.